The van der Waals surface area contributed by atoms with E-state index in [1.54, 1.807) is 71.8 Å². The second-order valence-corrected chi connectivity index (χ2v) is 6.57. The topological polar surface area (TPSA) is 94.8 Å². The summed E-state index contributed by atoms with van der Waals surface area (Å²) in [5.41, 5.74) is 1.10. The Labute approximate surface area is 168 Å². The molecule has 138 valence electrons. The van der Waals surface area contributed by atoms with Gasteiger partial charge in [0.05, 0.1) is 5.56 Å². The fourth-order valence-corrected chi connectivity index (χ4v) is 2.73. The highest BCUT2D eigenvalue weighted by Gasteiger charge is 2.08. The van der Waals surface area contributed by atoms with E-state index in [1.165, 1.54) is 6.20 Å². The molecule has 0 aliphatic carbocycles. The SMILES string of the molecule is O=C(Nc1ccc(Oc2ccc(-n3cccn3)nn2)cc1)c1cncc(Br)c1. The van der Waals surface area contributed by atoms with Crippen LogP contribution in [0.15, 0.2) is 77.8 Å². The summed E-state index contributed by atoms with van der Waals surface area (Å²) in [4.78, 5) is 16.2. The molecule has 0 fully saturated rings. The Bertz CT molecular complexity index is 1080. The number of benzene rings is 1. The molecule has 1 aromatic carbocycles. The number of hydrogen-bond acceptors (Lipinski definition) is 6. The van der Waals surface area contributed by atoms with Gasteiger partial charge in [-0.15, -0.1) is 10.2 Å². The molecule has 0 saturated heterocycles. The molecular weight excluding hydrogens is 424 g/mol. The van der Waals surface area contributed by atoms with Crippen LogP contribution in [0, 0.1) is 0 Å². The number of ether oxygens (including phenoxy) is 1. The second kappa shape index (κ2) is 7.97. The standard InChI is InChI=1S/C19H13BrN6O2/c20-14-10-13(11-21-12-14)19(27)23-15-2-4-16(5-3-15)28-18-7-6-17(24-25-18)26-9-1-8-22-26/h1-12H,(H,23,27). The zero-order chi connectivity index (χ0) is 19.3. The number of anilines is 1. The van der Waals surface area contributed by atoms with Crippen LogP contribution >= 0.6 is 15.9 Å². The molecular formula is C19H13BrN6O2. The highest BCUT2D eigenvalue weighted by atomic mass is 79.9. The van der Waals surface area contributed by atoms with E-state index in [9.17, 15) is 4.79 Å². The van der Waals surface area contributed by atoms with Crippen LogP contribution in [-0.2, 0) is 0 Å². The maximum atomic E-state index is 12.2. The van der Waals surface area contributed by atoms with Crippen LogP contribution in [0.4, 0.5) is 5.69 Å². The number of nitrogens with zero attached hydrogens (tertiary/aromatic N) is 5. The van der Waals surface area contributed by atoms with Crippen LogP contribution in [0.2, 0.25) is 0 Å². The Morgan fingerprint density at radius 2 is 1.93 bits per heavy atom. The predicted molar refractivity (Wildman–Crippen MR) is 106 cm³/mol. The molecule has 0 aliphatic rings. The Balaban J connectivity index is 1.40. The number of amides is 1. The molecule has 9 heteroatoms. The Kier molecular flexibility index (Phi) is 5.07. The highest BCUT2D eigenvalue weighted by Crippen LogP contribution is 2.22. The number of rotatable bonds is 5. The van der Waals surface area contributed by atoms with Crippen molar-refractivity contribution in [2.24, 2.45) is 0 Å². The molecule has 1 N–H and O–H groups in total. The third-order valence-corrected chi connectivity index (χ3v) is 4.10. The average molecular weight is 437 g/mol. The lowest BCUT2D eigenvalue weighted by Crippen LogP contribution is -2.12. The Hall–Kier alpha value is -3.59. The van der Waals surface area contributed by atoms with Crippen molar-refractivity contribution in [3.8, 4) is 17.4 Å². The summed E-state index contributed by atoms with van der Waals surface area (Å²) in [6, 6.07) is 13.9. The van der Waals surface area contributed by atoms with E-state index >= 15 is 0 Å². The van der Waals surface area contributed by atoms with Crippen LogP contribution in [0.25, 0.3) is 5.82 Å². The van der Waals surface area contributed by atoms with Gasteiger partial charge in [-0.3, -0.25) is 9.78 Å². The maximum absolute atomic E-state index is 12.2. The number of aromatic nitrogens is 5. The molecule has 0 saturated carbocycles. The highest BCUT2D eigenvalue weighted by molar-refractivity contribution is 9.10. The van der Waals surface area contributed by atoms with Gasteiger partial charge in [0, 0.05) is 41.0 Å². The monoisotopic (exact) mass is 436 g/mol. The second-order valence-electron chi connectivity index (χ2n) is 5.65. The fourth-order valence-electron chi connectivity index (χ4n) is 2.36. The van der Waals surface area contributed by atoms with E-state index in [2.05, 4.69) is 41.5 Å². The number of hydrogen-bond donors (Lipinski definition) is 1. The number of carbonyl (C=O) groups is 1. The average Bonchev–Trinajstić information content (AvgIpc) is 3.25. The van der Waals surface area contributed by atoms with E-state index < -0.39 is 0 Å². The van der Waals surface area contributed by atoms with E-state index in [1.807, 2.05) is 0 Å². The summed E-state index contributed by atoms with van der Waals surface area (Å²) in [6.45, 7) is 0. The van der Waals surface area contributed by atoms with Crippen LogP contribution in [0.3, 0.4) is 0 Å². The minimum absolute atomic E-state index is 0.248. The smallest absolute Gasteiger partial charge is 0.257 e. The summed E-state index contributed by atoms with van der Waals surface area (Å²) >= 11 is 3.30. The molecule has 0 aliphatic heterocycles. The van der Waals surface area contributed by atoms with Gasteiger partial charge in [-0.1, -0.05) is 0 Å². The van der Waals surface area contributed by atoms with Crippen molar-refractivity contribution in [3.63, 3.8) is 0 Å². The van der Waals surface area contributed by atoms with Crippen molar-refractivity contribution in [1.82, 2.24) is 25.0 Å². The van der Waals surface area contributed by atoms with Crippen LogP contribution < -0.4 is 10.1 Å². The van der Waals surface area contributed by atoms with Crippen molar-refractivity contribution in [3.05, 3.63) is 83.4 Å². The van der Waals surface area contributed by atoms with Gasteiger partial charge < -0.3 is 10.1 Å². The third kappa shape index (κ3) is 4.21. The Morgan fingerprint density at radius 1 is 1.07 bits per heavy atom. The predicted octanol–water partition coefficient (Wildman–Crippen LogP) is 3.86. The minimum atomic E-state index is -0.248. The lowest BCUT2D eigenvalue weighted by Gasteiger charge is -2.08. The van der Waals surface area contributed by atoms with E-state index in [-0.39, 0.29) is 5.91 Å². The van der Waals surface area contributed by atoms with E-state index in [0.717, 1.165) is 4.47 Å². The van der Waals surface area contributed by atoms with Gasteiger partial charge in [0.25, 0.3) is 5.91 Å². The van der Waals surface area contributed by atoms with Gasteiger partial charge in [-0.25, -0.2) is 4.68 Å². The largest absolute Gasteiger partial charge is 0.438 e. The first-order valence-corrected chi connectivity index (χ1v) is 9.00. The maximum Gasteiger partial charge on any atom is 0.257 e. The molecule has 4 aromatic rings. The van der Waals surface area contributed by atoms with Gasteiger partial charge in [0.1, 0.15) is 5.75 Å². The van der Waals surface area contributed by atoms with Crippen molar-refractivity contribution in [2.45, 2.75) is 0 Å². The van der Waals surface area contributed by atoms with Crippen LogP contribution in [0.5, 0.6) is 11.6 Å². The molecule has 3 aromatic heterocycles. The number of pyridine rings is 1. The summed E-state index contributed by atoms with van der Waals surface area (Å²) in [6.07, 6.45) is 6.57. The van der Waals surface area contributed by atoms with E-state index in [0.29, 0.717) is 28.7 Å². The molecule has 3 heterocycles. The van der Waals surface area contributed by atoms with Gasteiger partial charge in [-0.2, -0.15) is 5.10 Å². The van der Waals surface area contributed by atoms with Gasteiger partial charge in [0.15, 0.2) is 5.82 Å². The summed E-state index contributed by atoms with van der Waals surface area (Å²) in [7, 11) is 0. The first kappa shape index (κ1) is 17.8. The van der Waals surface area contributed by atoms with Crippen molar-refractivity contribution in [1.29, 1.82) is 0 Å². The van der Waals surface area contributed by atoms with Crippen molar-refractivity contribution < 1.29 is 9.53 Å². The van der Waals surface area contributed by atoms with Crippen molar-refractivity contribution >= 4 is 27.5 Å². The molecule has 0 atom stereocenters. The van der Waals surface area contributed by atoms with Gasteiger partial charge in [-0.05, 0) is 58.4 Å². The van der Waals surface area contributed by atoms with Gasteiger partial charge >= 0.3 is 0 Å². The summed E-state index contributed by atoms with van der Waals surface area (Å²) in [5, 5.41) is 15.0. The minimum Gasteiger partial charge on any atom is -0.438 e. The molecule has 0 radical (unpaired) electrons. The quantitative estimate of drug-likeness (QED) is 0.510. The van der Waals surface area contributed by atoms with E-state index in [4.69, 9.17) is 4.74 Å². The molecule has 28 heavy (non-hydrogen) atoms. The first-order valence-electron chi connectivity index (χ1n) is 8.21. The normalized spacial score (nSPS) is 10.5. The Morgan fingerprint density at radius 3 is 2.61 bits per heavy atom. The molecule has 0 unspecified atom stereocenters. The number of carbonyl (C=O) groups excluding carboxylic acids is 1. The number of halogens is 1. The summed E-state index contributed by atoms with van der Waals surface area (Å²) in [5.74, 6) is 1.27. The molecule has 0 spiro atoms. The zero-order valence-electron chi connectivity index (χ0n) is 14.4. The zero-order valence-corrected chi connectivity index (χ0v) is 15.9. The molecule has 0 bridgehead atoms. The molecule has 4 rings (SSSR count). The molecule has 1 amide bonds. The van der Waals surface area contributed by atoms with Crippen LogP contribution in [0.1, 0.15) is 10.4 Å². The lowest BCUT2D eigenvalue weighted by molar-refractivity contribution is 0.102. The lowest BCUT2D eigenvalue weighted by atomic mass is 10.2. The van der Waals surface area contributed by atoms with Crippen LogP contribution in [-0.4, -0.2) is 30.9 Å². The first-order chi connectivity index (χ1) is 13.7. The third-order valence-electron chi connectivity index (χ3n) is 3.67. The fraction of sp³-hybridized carbons (Fsp3) is 0. The van der Waals surface area contributed by atoms with Crippen molar-refractivity contribution in [2.75, 3.05) is 5.32 Å². The van der Waals surface area contributed by atoms with Gasteiger partial charge in [0.2, 0.25) is 5.88 Å². The molecule has 8 nitrogen and oxygen atoms in total. The summed E-state index contributed by atoms with van der Waals surface area (Å²) < 4.78 is 8.02. The number of nitrogens with one attached hydrogen (secondary N) is 1.